The third-order valence-corrected chi connectivity index (χ3v) is 1.87. The predicted molar refractivity (Wildman–Crippen MR) is 54.9 cm³/mol. The van der Waals surface area contributed by atoms with Gasteiger partial charge >= 0.3 is 12.0 Å². The van der Waals surface area contributed by atoms with E-state index >= 15 is 0 Å². The number of nitrogens with one attached hydrogen (secondary N) is 2. The molecule has 92 valence electrons. The number of alkyl halides is 2. The molecule has 6 nitrogen and oxygen atoms in total. The lowest BCUT2D eigenvalue weighted by Gasteiger charge is -2.10. The molecule has 17 heavy (non-hydrogen) atoms. The largest absolute Gasteiger partial charge is 0.595 e. The normalized spacial score (nSPS) is 10.8. The molecule has 1 amide bonds. The first kappa shape index (κ1) is 12.8. The molecule has 1 aromatic rings. The SMILES string of the molecule is Cc1ccc(NNC(=O)C(F)(F)[N+](=O)[O-])cc1. The van der Waals surface area contributed by atoms with Gasteiger partial charge in [0, 0.05) is 0 Å². The highest BCUT2D eigenvalue weighted by molar-refractivity contribution is 5.82. The molecular weight excluding hydrogens is 236 g/mol. The first-order valence-electron chi connectivity index (χ1n) is 4.49. The number of anilines is 1. The molecule has 8 heteroatoms. The van der Waals surface area contributed by atoms with E-state index in [4.69, 9.17) is 0 Å². The van der Waals surface area contributed by atoms with E-state index in [1.807, 2.05) is 6.92 Å². The number of nitrogens with zero attached hydrogens (tertiary/aromatic N) is 1. The van der Waals surface area contributed by atoms with Gasteiger partial charge in [-0.25, -0.2) is 0 Å². The molecule has 1 aromatic carbocycles. The molecule has 0 aliphatic carbocycles. The van der Waals surface area contributed by atoms with Crippen molar-refractivity contribution in [3.63, 3.8) is 0 Å². The minimum absolute atomic E-state index is 0.336. The molecule has 2 N–H and O–H groups in total. The molecule has 0 aliphatic heterocycles. The second-order valence-electron chi connectivity index (χ2n) is 3.24. The minimum Gasteiger partial charge on any atom is -0.298 e. The summed E-state index contributed by atoms with van der Waals surface area (Å²) < 4.78 is 25.1. The molecule has 0 bridgehead atoms. The number of halogens is 2. The number of carbonyl (C=O) groups is 1. The Morgan fingerprint density at radius 2 is 1.88 bits per heavy atom. The van der Waals surface area contributed by atoms with E-state index in [1.54, 1.807) is 17.6 Å². The summed E-state index contributed by atoms with van der Waals surface area (Å²) >= 11 is 0. The van der Waals surface area contributed by atoms with E-state index in [9.17, 15) is 23.7 Å². The maximum absolute atomic E-state index is 12.6. The van der Waals surface area contributed by atoms with E-state index in [-0.39, 0.29) is 0 Å². The average Bonchev–Trinajstić information content (AvgIpc) is 2.27. The van der Waals surface area contributed by atoms with Gasteiger partial charge in [0.05, 0.1) is 5.69 Å². The Morgan fingerprint density at radius 3 is 2.35 bits per heavy atom. The van der Waals surface area contributed by atoms with Crippen LogP contribution in [0.3, 0.4) is 0 Å². The first-order valence-corrected chi connectivity index (χ1v) is 4.49. The molecule has 0 unspecified atom stereocenters. The topological polar surface area (TPSA) is 84.3 Å². The molecule has 0 heterocycles. The zero-order valence-corrected chi connectivity index (χ0v) is 8.74. The smallest absolute Gasteiger partial charge is 0.298 e. The number of hydrazine groups is 1. The van der Waals surface area contributed by atoms with E-state index in [1.165, 1.54) is 12.1 Å². The van der Waals surface area contributed by atoms with Crippen molar-refractivity contribution in [3.8, 4) is 0 Å². The van der Waals surface area contributed by atoms with Crippen LogP contribution in [-0.2, 0) is 4.79 Å². The van der Waals surface area contributed by atoms with Crippen molar-refractivity contribution < 1.29 is 18.5 Å². The summed E-state index contributed by atoms with van der Waals surface area (Å²) in [6.45, 7) is 1.82. The van der Waals surface area contributed by atoms with Gasteiger partial charge in [-0.1, -0.05) is 17.7 Å². The van der Waals surface area contributed by atoms with Crippen molar-refractivity contribution in [2.24, 2.45) is 0 Å². The third-order valence-electron chi connectivity index (χ3n) is 1.87. The fourth-order valence-electron chi connectivity index (χ4n) is 0.924. The van der Waals surface area contributed by atoms with Crippen molar-refractivity contribution in [1.29, 1.82) is 0 Å². The number of benzene rings is 1. The highest BCUT2D eigenvalue weighted by Gasteiger charge is 2.53. The number of rotatable bonds is 4. The van der Waals surface area contributed by atoms with Gasteiger partial charge in [-0.3, -0.25) is 25.8 Å². The molecule has 0 saturated heterocycles. The van der Waals surface area contributed by atoms with Crippen LogP contribution < -0.4 is 10.9 Å². The fourth-order valence-corrected chi connectivity index (χ4v) is 0.924. The Balaban J connectivity index is 2.60. The Kier molecular flexibility index (Phi) is 3.56. The highest BCUT2D eigenvalue weighted by atomic mass is 19.3. The van der Waals surface area contributed by atoms with Crippen LogP contribution in [0.5, 0.6) is 0 Å². The summed E-state index contributed by atoms with van der Waals surface area (Å²) in [7, 11) is 0. The lowest BCUT2D eigenvalue weighted by molar-refractivity contribution is -0.622. The molecule has 0 aromatic heterocycles. The molecule has 0 fully saturated rings. The van der Waals surface area contributed by atoms with E-state index in [0.717, 1.165) is 5.56 Å². The standard InChI is InChI=1S/C9H9F2N3O3/c1-6-2-4-7(5-3-6)12-13-8(15)9(10,11)14(16)17/h2-5,12H,1H3,(H,13,15). The van der Waals surface area contributed by atoms with Crippen molar-refractivity contribution in [2.45, 2.75) is 13.0 Å². The van der Waals surface area contributed by atoms with Crippen LogP contribution in [0.1, 0.15) is 5.56 Å². The molecule has 0 saturated carbocycles. The summed E-state index contributed by atoms with van der Waals surface area (Å²) in [6, 6.07) is 1.76. The average molecular weight is 245 g/mol. The Labute approximate surface area is 94.7 Å². The molecule has 1 rings (SSSR count). The second kappa shape index (κ2) is 4.73. The van der Waals surface area contributed by atoms with Crippen molar-refractivity contribution >= 4 is 11.6 Å². The van der Waals surface area contributed by atoms with Gasteiger partial charge in [-0.15, -0.1) is 8.78 Å². The lowest BCUT2D eigenvalue weighted by Crippen LogP contribution is -2.47. The lowest BCUT2D eigenvalue weighted by atomic mass is 10.2. The second-order valence-corrected chi connectivity index (χ2v) is 3.24. The van der Waals surface area contributed by atoms with Gasteiger partial charge in [-0.2, -0.15) is 0 Å². The molecule has 0 spiro atoms. The Hall–Kier alpha value is -2.25. The fraction of sp³-hybridized carbons (Fsp3) is 0.222. The van der Waals surface area contributed by atoms with E-state index in [0.29, 0.717) is 5.69 Å². The van der Waals surface area contributed by atoms with Crippen molar-refractivity contribution in [3.05, 3.63) is 39.9 Å². The summed E-state index contributed by atoms with van der Waals surface area (Å²) in [5.74, 6) is -2.02. The van der Waals surface area contributed by atoms with E-state index in [2.05, 4.69) is 5.43 Å². The van der Waals surface area contributed by atoms with Gasteiger partial charge in [0.15, 0.2) is 0 Å². The number of hydrogen-bond donors (Lipinski definition) is 2. The van der Waals surface area contributed by atoms with Gasteiger partial charge in [0.25, 0.3) is 0 Å². The number of nitro groups is 1. The molecule has 0 aliphatic rings. The maximum Gasteiger partial charge on any atom is 0.595 e. The summed E-state index contributed by atoms with van der Waals surface area (Å²) in [4.78, 5) is 18.7. The third kappa shape index (κ3) is 3.10. The number of aryl methyl sites for hydroxylation is 1. The van der Waals surface area contributed by atoms with Crippen LogP contribution in [0.15, 0.2) is 24.3 Å². The zero-order valence-electron chi connectivity index (χ0n) is 8.74. The first-order chi connectivity index (χ1) is 7.84. The maximum atomic E-state index is 12.6. The molecule has 0 radical (unpaired) electrons. The van der Waals surface area contributed by atoms with Crippen molar-refractivity contribution in [1.82, 2.24) is 5.43 Å². The van der Waals surface area contributed by atoms with Gasteiger partial charge in [0.1, 0.15) is 4.92 Å². The number of amides is 1. The number of hydrogen-bond acceptors (Lipinski definition) is 4. The summed E-state index contributed by atoms with van der Waals surface area (Å²) in [6.07, 6.45) is 0. The van der Waals surface area contributed by atoms with Gasteiger partial charge in [-0.05, 0) is 19.1 Å². The van der Waals surface area contributed by atoms with Gasteiger partial charge in [0.2, 0.25) is 0 Å². The monoisotopic (exact) mass is 245 g/mol. The van der Waals surface area contributed by atoms with Crippen LogP contribution in [0.25, 0.3) is 0 Å². The van der Waals surface area contributed by atoms with Crippen molar-refractivity contribution in [2.75, 3.05) is 5.43 Å². The van der Waals surface area contributed by atoms with Crippen LogP contribution >= 0.6 is 0 Å². The van der Waals surface area contributed by atoms with Crippen LogP contribution in [0.2, 0.25) is 0 Å². The summed E-state index contributed by atoms with van der Waals surface area (Å²) in [5, 5.41) is 9.89. The number of carbonyl (C=O) groups excluding carboxylic acids is 1. The van der Waals surface area contributed by atoms with Gasteiger partial charge < -0.3 is 0 Å². The Bertz CT molecular complexity index is 434. The highest BCUT2D eigenvalue weighted by Crippen LogP contribution is 2.14. The predicted octanol–water partition coefficient (Wildman–Crippen LogP) is 1.31. The van der Waals surface area contributed by atoms with Crippen LogP contribution in [0, 0.1) is 17.0 Å². The molecular formula is C9H9F2N3O3. The minimum atomic E-state index is -4.66. The van der Waals surface area contributed by atoms with E-state index < -0.39 is 16.9 Å². The Morgan fingerprint density at radius 1 is 1.35 bits per heavy atom. The quantitative estimate of drug-likeness (QED) is 0.476. The van der Waals surface area contributed by atoms with Crippen LogP contribution in [0.4, 0.5) is 14.5 Å². The van der Waals surface area contributed by atoms with Crippen LogP contribution in [-0.4, -0.2) is 16.9 Å². The summed E-state index contributed by atoms with van der Waals surface area (Å²) in [5.41, 5.74) is 4.99. The molecule has 0 atom stereocenters. The zero-order chi connectivity index (χ0) is 13.1.